The minimum atomic E-state index is -1.95. The molecule has 2 heterocycles. The summed E-state index contributed by atoms with van der Waals surface area (Å²) >= 11 is 0. The standard InChI is InChI=1S/C31H26BN3Si/c1-31(2)23-13-9-11-21(19-33)29(23)35(30-22(20-34)12-10-14-24(30)31)32-25-15-5-7-17-27(25)36(3,4)28-18-8-6-16-26(28)32/h5-18H,1-4H3. The topological polar surface area (TPSA) is 50.8 Å². The van der Waals surface area contributed by atoms with Gasteiger partial charge in [0.15, 0.2) is 0 Å². The lowest BCUT2D eigenvalue weighted by Gasteiger charge is -2.48. The third-order valence-electron chi connectivity index (χ3n) is 8.26. The number of nitrogens with zero attached hydrogens (tertiary/aromatic N) is 3. The lowest BCUT2D eigenvalue weighted by molar-refractivity contribution is 0.633. The summed E-state index contributed by atoms with van der Waals surface area (Å²) in [5.74, 6) is 0. The third kappa shape index (κ3) is 2.84. The Labute approximate surface area is 214 Å². The van der Waals surface area contributed by atoms with Gasteiger partial charge in [0, 0.05) is 5.41 Å². The van der Waals surface area contributed by atoms with Gasteiger partial charge in [-0.05, 0) is 23.3 Å². The number of benzene rings is 4. The molecule has 4 aromatic rings. The molecule has 0 fully saturated rings. The predicted octanol–water partition coefficient (Wildman–Crippen LogP) is 4.15. The fourth-order valence-electron chi connectivity index (χ4n) is 6.51. The van der Waals surface area contributed by atoms with Gasteiger partial charge in [-0.2, -0.15) is 10.5 Å². The zero-order valence-electron chi connectivity index (χ0n) is 21.0. The lowest BCUT2D eigenvalue weighted by atomic mass is 9.47. The van der Waals surface area contributed by atoms with Gasteiger partial charge in [0.2, 0.25) is 0 Å². The van der Waals surface area contributed by atoms with Gasteiger partial charge in [0.25, 0.3) is 0 Å². The molecular weight excluding hydrogens is 453 g/mol. The van der Waals surface area contributed by atoms with Gasteiger partial charge < -0.3 is 4.81 Å². The third-order valence-corrected chi connectivity index (χ3v) is 11.9. The lowest BCUT2D eigenvalue weighted by Crippen LogP contribution is -2.77. The molecule has 0 atom stereocenters. The number of para-hydroxylation sites is 2. The van der Waals surface area contributed by atoms with Gasteiger partial charge >= 0.3 is 6.85 Å². The average molecular weight is 479 g/mol. The molecule has 0 aromatic heterocycles. The Morgan fingerprint density at radius 2 is 1.11 bits per heavy atom. The van der Waals surface area contributed by atoms with E-state index in [2.05, 4.69) is 105 Å². The van der Waals surface area contributed by atoms with Crippen LogP contribution in [0.4, 0.5) is 11.4 Å². The van der Waals surface area contributed by atoms with E-state index in [9.17, 15) is 10.5 Å². The van der Waals surface area contributed by atoms with Gasteiger partial charge in [0.1, 0.15) is 20.2 Å². The first kappa shape index (κ1) is 22.4. The summed E-state index contributed by atoms with van der Waals surface area (Å²) in [7, 11) is -1.95. The summed E-state index contributed by atoms with van der Waals surface area (Å²) < 4.78 is 0. The zero-order chi connectivity index (χ0) is 25.2. The molecule has 36 heavy (non-hydrogen) atoms. The summed E-state index contributed by atoms with van der Waals surface area (Å²) in [4.78, 5) is 2.31. The van der Waals surface area contributed by atoms with Crippen LogP contribution in [0.5, 0.6) is 0 Å². The van der Waals surface area contributed by atoms with Crippen LogP contribution < -0.4 is 26.1 Å². The summed E-state index contributed by atoms with van der Waals surface area (Å²) in [6.07, 6.45) is 0. The van der Waals surface area contributed by atoms with Crippen molar-refractivity contribution >= 4 is 47.6 Å². The molecular formula is C31H26BN3Si. The number of anilines is 2. The van der Waals surface area contributed by atoms with E-state index in [-0.39, 0.29) is 12.3 Å². The number of rotatable bonds is 1. The van der Waals surface area contributed by atoms with Crippen LogP contribution >= 0.6 is 0 Å². The first-order valence-corrected chi connectivity index (χ1v) is 15.4. The maximum absolute atomic E-state index is 10.3. The molecule has 6 rings (SSSR count). The molecule has 5 heteroatoms. The first-order valence-electron chi connectivity index (χ1n) is 12.4. The summed E-state index contributed by atoms with van der Waals surface area (Å²) in [6, 6.07) is 34.6. The fourth-order valence-corrected chi connectivity index (χ4v) is 9.71. The Morgan fingerprint density at radius 1 is 0.667 bits per heavy atom. The van der Waals surface area contributed by atoms with E-state index in [0.29, 0.717) is 11.1 Å². The maximum atomic E-state index is 10.3. The molecule has 0 aliphatic carbocycles. The van der Waals surface area contributed by atoms with Gasteiger partial charge in [-0.1, -0.05) is 121 Å². The number of hydrogen-bond acceptors (Lipinski definition) is 3. The van der Waals surface area contributed by atoms with Crippen LogP contribution in [0.3, 0.4) is 0 Å². The fraction of sp³-hybridized carbons (Fsp3) is 0.161. The summed E-state index contributed by atoms with van der Waals surface area (Å²) in [5.41, 5.74) is 7.50. The van der Waals surface area contributed by atoms with Crippen molar-refractivity contribution in [1.29, 1.82) is 10.5 Å². The van der Waals surface area contributed by atoms with Crippen molar-refractivity contribution in [2.24, 2.45) is 0 Å². The molecule has 0 radical (unpaired) electrons. The van der Waals surface area contributed by atoms with E-state index in [1.54, 1.807) is 0 Å². The first-order chi connectivity index (χ1) is 17.3. The number of fused-ring (bicyclic) bond motifs is 4. The minimum absolute atomic E-state index is 0.143. The average Bonchev–Trinajstić information content (AvgIpc) is 2.90. The van der Waals surface area contributed by atoms with E-state index in [4.69, 9.17) is 0 Å². The van der Waals surface area contributed by atoms with Crippen LogP contribution in [-0.2, 0) is 5.41 Å². The van der Waals surface area contributed by atoms with Crippen molar-refractivity contribution in [1.82, 2.24) is 0 Å². The maximum Gasteiger partial charge on any atom is 0.328 e. The second-order valence-electron chi connectivity index (χ2n) is 10.8. The number of nitriles is 2. The highest BCUT2D eigenvalue weighted by Crippen LogP contribution is 2.51. The normalized spacial score (nSPS) is 16.1. The zero-order valence-corrected chi connectivity index (χ0v) is 22.0. The number of hydrogen-bond donors (Lipinski definition) is 0. The van der Waals surface area contributed by atoms with Crippen molar-refractivity contribution < 1.29 is 0 Å². The predicted molar refractivity (Wildman–Crippen MR) is 151 cm³/mol. The Hall–Kier alpha value is -4.06. The van der Waals surface area contributed by atoms with E-state index in [1.807, 2.05) is 24.3 Å². The molecule has 0 unspecified atom stereocenters. The van der Waals surface area contributed by atoms with Crippen molar-refractivity contribution in [3.8, 4) is 12.1 Å². The Morgan fingerprint density at radius 3 is 1.56 bits per heavy atom. The second-order valence-corrected chi connectivity index (χ2v) is 15.2. The Balaban J connectivity index is 1.79. The highest BCUT2D eigenvalue weighted by molar-refractivity contribution is 7.11. The van der Waals surface area contributed by atoms with Crippen LogP contribution in [0.1, 0.15) is 36.1 Å². The van der Waals surface area contributed by atoms with Crippen molar-refractivity contribution in [3.63, 3.8) is 0 Å². The smallest absolute Gasteiger partial charge is 0.328 e. The van der Waals surface area contributed by atoms with Crippen LogP contribution in [0.25, 0.3) is 0 Å². The van der Waals surface area contributed by atoms with Gasteiger partial charge in [0.05, 0.1) is 22.5 Å². The van der Waals surface area contributed by atoms with Crippen LogP contribution in [0.2, 0.25) is 13.1 Å². The molecule has 4 aromatic carbocycles. The van der Waals surface area contributed by atoms with Crippen molar-refractivity contribution in [3.05, 3.63) is 107 Å². The van der Waals surface area contributed by atoms with Gasteiger partial charge in [-0.15, -0.1) is 0 Å². The SMILES string of the molecule is CC1(C)c2cccc(C#N)c2N(B2c3ccccc3[Si](C)(C)c3ccccc32)c2c(C#N)cccc21. The van der Waals surface area contributed by atoms with Crippen LogP contribution in [0.15, 0.2) is 84.9 Å². The van der Waals surface area contributed by atoms with Crippen molar-refractivity contribution in [2.45, 2.75) is 32.4 Å². The quantitative estimate of drug-likeness (QED) is 0.386. The Kier molecular flexibility index (Phi) is 4.81. The molecule has 3 nitrogen and oxygen atoms in total. The molecule has 2 aliphatic heterocycles. The molecule has 0 spiro atoms. The molecule has 0 saturated heterocycles. The van der Waals surface area contributed by atoms with E-state index in [1.165, 1.54) is 21.3 Å². The van der Waals surface area contributed by atoms with Crippen LogP contribution in [0, 0.1) is 22.7 Å². The second kappa shape index (κ2) is 7.72. The van der Waals surface area contributed by atoms with Crippen molar-refractivity contribution in [2.75, 3.05) is 4.81 Å². The molecule has 0 N–H and O–H groups in total. The minimum Gasteiger partial charge on any atom is -0.374 e. The van der Waals surface area contributed by atoms with Gasteiger partial charge in [-0.3, -0.25) is 0 Å². The monoisotopic (exact) mass is 479 g/mol. The van der Waals surface area contributed by atoms with E-state index < -0.39 is 8.07 Å². The largest absolute Gasteiger partial charge is 0.374 e. The summed E-state index contributed by atoms with van der Waals surface area (Å²) in [6.45, 7) is 9.09. The molecule has 172 valence electrons. The molecule has 2 aliphatic rings. The summed E-state index contributed by atoms with van der Waals surface area (Å²) in [5, 5.41) is 23.4. The molecule has 0 amide bonds. The molecule has 0 saturated carbocycles. The molecule has 0 bridgehead atoms. The van der Waals surface area contributed by atoms with Crippen LogP contribution in [-0.4, -0.2) is 14.9 Å². The van der Waals surface area contributed by atoms with E-state index >= 15 is 0 Å². The highest BCUT2D eigenvalue weighted by Gasteiger charge is 2.48. The van der Waals surface area contributed by atoms with E-state index in [0.717, 1.165) is 22.5 Å². The van der Waals surface area contributed by atoms with Gasteiger partial charge in [-0.25, -0.2) is 0 Å². The Bertz CT molecular complexity index is 1520. The highest BCUT2D eigenvalue weighted by atomic mass is 28.3.